The molecular weight excluding hydrogens is 170 g/mol. The SMILES string of the molecule is O=C1CC2(CCCC2)C(C(=O)O)N1. The summed E-state index contributed by atoms with van der Waals surface area (Å²) >= 11 is 0. The zero-order valence-electron chi connectivity index (χ0n) is 7.38. The van der Waals surface area contributed by atoms with E-state index in [1.54, 1.807) is 0 Å². The molecule has 1 aliphatic carbocycles. The van der Waals surface area contributed by atoms with Gasteiger partial charge < -0.3 is 10.4 Å². The van der Waals surface area contributed by atoms with E-state index in [2.05, 4.69) is 5.32 Å². The van der Waals surface area contributed by atoms with Gasteiger partial charge in [-0.2, -0.15) is 0 Å². The zero-order valence-corrected chi connectivity index (χ0v) is 7.38. The molecule has 0 radical (unpaired) electrons. The fourth-order valence-corrected chi connectivity index (χ4v) is 2.66. The van der Waals surface area contributed by atoms with Gasteiger partial charge in [-0.15, -0.1) is 0 Å². The molecular formula is C9H13NO3. The van der Waals surface area contributed by atoms with E-state index in [1.807, 2.05) is 0 Å². The van der Waals surface area contributed by atoms with Crippen molar-refractivity contribution in [1.29, 1.82) is 0 Å². The van der Waals surface area contributed by atoms with Crippen LogP contribution in [0.25, 0.3) is 0 Å². The van der Waals surface area contributed by atoms with Crippen LogP contribution in [0.15, 0.2) is 0 Å². The van der Waals surface area contributed by atoms with Crippen LogP contribution in [0.3, 0.4) is 0 Å². The van der Waals surface area contributed by atoms with Crippen molar-refractivity contribution >= 4 is 11.9 Å². The van der Waals surface area contributed by atoms with Gasteiger partial charge in [0.05, 0.1) is 0 Å². The molecule has 0 aromatic carbocycles. The summed E-state index contributed by atoms with van der Waals surface area (Å²) in [5.41, 5.74) is -0.261. The molecule has 13 heavy (non-hydrogen) atoms. The quantitative estimate of drug-likeness (QED) is 0.622. The Balaban J connectivity index is 2.25. The molecule has 2 N–H and O–H groups in total. The van der Waals surface area contributed by atoms with Crippen molar-refractivity contribution < 1.29 is 14.7 Å². The van der Waals surface area contributed by atoms with Crippen molar-refractivity contribution in [1.82, 2.24) is 5.32 Å². The summed E-state index contributed by atoms with van der Waals surface area (Å²) in [5, 5.41) is 11.5. The van der Waals surface area contributed by atoms with Crippen LogP contribution in [0, 0.1) is 5.41 Å². The van der Waals surface area contributed by atoms with Crippen molar-refractivity contribution in [2.75, 3.05) is 0 Å². The molecule has 1 atom stereocenters. The van der Waals surface area contributed by atoms with Gasteiger partial charge in [0.15, 0.2) is 0 Å². The minimum atomic E-state index is -0.882. The second-order valence-corrected chi connectivity index (χ2v) is 4.09. The van der Waals surface area contributed by atoms with Crippen molar-refractivity contribution in [2.45, 2.75) is 38.1 Å². The Hall–Kier alpha value is -1.06. The highest BCUT2D eigenvalue weighted by Crippen LogP contribution is 2.46. The lowest BCUT2D eigenvalue weighted by Gasteiger charge is -2.25. The summed E-state index contributed by atoms with van der Waals surface area (Å²) in [6.07, 6.45) is 4.27. The van der Waals surface area contributed by atoms with E-state index < -0.39 is 12.0 Å². The van der Waals surface area contributed by atoms with E-state index in [4.69, 9.17) is 5.11 Å². The number of hydrogen-bond donors (Lipinski definition) is 2. The van der Waals surface area contributed by atoms with Gasteiger partial charge >= 0.3 is 5.97 Å². The molecule has 72 valence electrons. The van der Waals surface area contributed by atoms with E-state index >= 15 is 0 Å². The lowest BCUT2D eigenvalue weighted by atomic mass is 9.79. The second-order valence-electron chi connectivity index (χ2n) is 4.09. The standard InChI is InChI=1S/C9H13NO3/c11-6-5-9(3-1-2-4-9)7(10-6)8(12)13/h7H,1-5H2,(H,10,11)(H,12,13). The van der Waals surface area contributed by atoms with E-state index in [9.17, 15) is 9.59 Å². The van der Waals surface area contributed by atoms with Crippen LogP contribution in [-0.4, -0.2) is 23.0 Å². The van der Waals surface area contributed by atoms with Gasteiger partial charge in [0.25, 0.3) is 0 Å². The van der Waals surface area contributed by atoms with E-state index in [0.717, 1.165) is 25.7 Å². The lowest BCUT2D eigenvalue weighted by Crippen LogP contribution is -2.42. The average molecular weight is 183 g/mol. The molecule has 2 aliphatic rings. The maximum atomic E-state index is 11.1. The monoisotopic (exact) mass is 183 g/mol. The molecule has 0 bridgehead atoms. The number of carboxylic acid groups (broad SMARTS) is 1. The van der Waals surface area contributed by atoms with E-state index in [-0.39, 0.29) is 11.3 Å². The molecule has 1 saturated carbocycles. The average Bonchev–Trinajstić information content (AvgIpc) is 2.60. The maximum absolute atomic E-state index is 11.1. The van der Waals surface area contributed by atoms with Gasteiger partial charge in [-0.3, -0.25) is 4.79 Å². The third kappa shape index (κ3) is 1.20. The number of carbonyl (C=O) groups is 2. The topological polar surface area (TPSA) is 66.4 Å². The molecule has 4 heteroatoms. The first-order valence-electron chi connectivity index (χ1n) is 4.66. The molecule has 1 unspecified atom stereocenters. The molecule has 1 aliphatic heterocycles. The highest BCUT2D eigenvalue weighted by atomic mass is 16.4. The Labute approximate surface area is 76.3 Å². The first kappa shape index (κ1) is 8.53. The number of carbonyl (C=O) groups excluding carboxylic acids is 1. The van der Waals surface area contributed by atoms with Crippen molar-refractivity contribution in [2.24, 2.45) is 5.41 Å². The highest BCUT2D eigenvalue weighted by Gasteiger charge is 2.51. The highest BCUT2D eigenvalue weighted by molar-refractivity contribution is 5.89. The fraction of sp³-hybridized carbons (Fsp3) is 0.778. The predicted octanol–water partition coefficient (Wildman–Crippen LogP) is 0.520. The molecule has 1 spiro atoms. The van der Waals surface area contributed by atoms with Crippen LogP contribution in [0.4, 0.5) is 0 Å². The second kappa shape index (κ2) is 2.72. The Kier molecular flexibility index (Phi) is 1.78. The smallest absolute Gasteiger partial charge is 0.326 e. The summed E-state index contributed by atoms with van der Waals surface area (Å²) in [7, 11) is 0. The maximum Gasteiger partial charge on any atom is 0.326 e. The Bertz CT molecular complexity index is 256. The summed E-state index contributed by atoms with van der Waals surface area (Å²) in [4.78, 5) is 22.0. The number of carboxylic acids is 1. The molecule has 0 aromatic heterocycles. The van der Waals surface area contributed by atoms with Gasteiger partial charge in [0.1, 0.15) is 6.04 Å². The summed E-state index contributed by atoms with van der Waals surface area (Å²) in [5.74, 6) is -0.984. The van der Waals surface area contributed by atoms with Crippen LogP contribution >= 0.6 is 0 Å². The molecule has 2 rings (SSSR count). The van der Waals surface area contributed by atoms with Crippen LogP contribution in [0.1, 0.15) is 32.1 Å². The Morgan fingerprint density at radius 1 is 1.46 bits per heavy atom. The van der Waals surface area contributed by atoms with E-state index in [1.165, 1.54) is 0 Å². The summed E-state index contributed by atoms with van der Waals surface area (Å²) in [6.45, 7) is 0. The largest absolute Gasteiger partial charge is 0.480 e. The minimum absolute atomic E-state index is 0.102. The number of rotatable bonds is 1. The van der Waals surface area contributed by atoms with Gasteiger partial charge in [-0.05, 0) is 12.8 Å². The lowest BCUT2D eigenvalue weighted by molar-refractivity contribution is -0.142. The first-order chi connectivity index (χ1) is 6.14. The van der Waals surface area contributed by atoms with Gasteiger partial charge in [0.2, 0.25) is 5.91 Å². The van der Waals surface area contributed by atoms with Crippen LogP contribution in [0.2, 0.25) is 0 Å². The first-order valence-corrected chi connectivity index (χ1v) is 4.66. The number of aliphatic carboxylic acids is 1. The van der Waals surface area contributed by atoms with Crippen LogP contribution < -0.4 is 5.32 Å². The summed E-state index contributed by atoms with van der Waals surface area (Å²) in [6, 6.07) is -0.637. The van der Waals surface area contributed by atoms with Gasteiger partial charge in [-0.25, -0.2) is 4.79 Å². The van der Waals surface area contributed by atoms with E-state index in [0.29, 0.717) is 6.42 Å². The Morgan fingerprint density at radius 2 is 2.08 bits per heavy atom. The zero-order chi connectivity index (χ0) is 9.47. The number of amides is 1. The number of hydrogen-bond acceptors (Lipinski definition) is 2. The van der Waals surface area contributed by atoms with Crippen molar-refractivity contribution in [3.8, 4) is 0 Å². The molecule has 1 saturated heterocycles. The third-order valence-electron chi connectivity index (χ3n) is 3.28. The summed E-state index contributed by atoms with van der Waals surface area (Å²) < 4.78 is 0. The molecule has 2 fully saturated rings. The molecule has 0 aromatic rings. The molecule has 1 heterocycles. The minimum Gasteiger partial charge on any atom is -0.480 e. The third-order valence-corrected chi connectivity index (χ3v) is 3.28. The van der Waals surface area contributed by atoms with Crippen molar-refractivity contribution in [3.63, 3.8) is 0 Å². The molecule has 4 nitrogen and oxygen atoms in total. The normalized spacial score (nSPS) is 30.8. The fourth-order valence-electron chi connectivity index (χ4n) is 2.66. The van der Waals surface area contributed by atoms with Gasteiger partial charge in [-0.1, -0.05) is 12.8 Å². The Morgan fingerprint density at radius 3 is 2.62 bits per heavy atom. The number of nitrogens with one attached hydrogen (secondary N) is 1. The van der Waals surface area contributed by atoms with Gasteiger partial charge in [0, 0.05) is 11.8 Å². The van der Waals surface area contributed by atoms with Crippen LogP contribution in [0.5, 0.6) is 0 Å². The van der Waals surface area contributed by atoms with Crippen molar-refractivity contribution in [3.05, 3.63) is 0 Å². The molecule has 1 amide bonds. The predicted molar refractivity (Wildman–Crippen MR) is 45.1 cm³/mol. The van der Waals surface area contributed by atoms with Crippen LogP contribution in [-0.2, 0) is 9.59 Å².